The van der Waals surface area contributed by atoms with Crippen molar-refractivity contribution in [1.29, 1.82) is 0 Å². The van der Waals surface area contributed by atoms with Crippen molar-refractivity contribution in [3.63, 3.8) is 0 Å². The lowest BCUT2D eigenvalue weighted by molar-refractivity contribution is -0.0394. The Balaban J connectivity index is 1.40. The van der Waals surface area contributed by atoms with E-state index in [-0.39, 0.29) is 24.1 Å². The van der Waals surface area contributed by atoms with Gasteiger partial charge in [0.2, 0.25) is 0 Å². The largest absolute Gasteiger partial charge is 0.444 e. The molecule has 0 saturated carbocycles. The first-order valence-corrected chi connectivity index (χ1v) is 11.5. The number of hydrogen-bond donors (Lipinski definition) is 0. The molecule has 0 spiro atoms. The number of halogens is 1. The van der Waals surface area contributed by atoms with Crippen LogP contribution in [0, 0.1) is 5.82 Å². The molecule has 1 amide bonds. The van der Waals surface area contributed by atoms with E-state index in [4.69, 9.17) is 9.47 Å². The van der Waals surface area contributed by atoms with Crippen LogP contribution in [0.15, 0.2) is 18.5 Å². The van der Waals surface area contributed by atoms with E-state index < -0.39 is 5.60 Å². The highest BCUT2D eigenvalue weighted by Gasteiger charge is 2.30. The molecule has 0 N–H and O–H groups in total. The maximum absolute atomic E-state index is 14.8. The number of aromatic nitrogens is 2. The van der Waals surface area contributed by atoms with Crippen molar-refractivity contribution >= 4 is 17.4 Å². The third kappa shape index (κ3) is 4.86. The summed E-state index contributed by atoms with van der Waals surface area (Å²) in [7, 11) is 0. The van der Waals surface area contributed by atoms with Crippen LogP contribution in [0.25, 0.3) is 10.4 Å². The molecule has 4 heterocycles. The maximum atomic E-state index is 14.8. The molecule has 4 rings (SSSR count). The molecule has 2 aliphatic heterocycles. The van der Waals surface area contributed by atoms with Gasteiger partial charge in [-0.1, -0.05) is 0 Å². The molecular weight excluding hydrogens is 405 g/mol. The third-order valence-electron chi connectivity index (χ3n) is 5.57. The Labute approximate surface area is 181 Å². The predicted octanol–water partition coefficient (Wildman–Crippen LogP) is 5.56. The van der Waals surface area contributed by atoms with Crippen molar-refractivity contribution in [1.82, 2.24) is 14.7 Å². The molecule has 1 unspecified atom stereocenters. The molecule has 0 aromatic carbocycles. The normalized spacial score (nSPS) is 21.1. The van der Waals surface area contributed by atoms with Gasteiger partial charge in [0, 0.05) is 41.2 Å². The molecular formula is C22H30FN3O3S. The Morgan fingerprint density at radius 2 is 2.03 bits per heavy atom. The van der Waals surface area contributed by atoms with Crippen LogP contribution < -0.4 is 0 Å². The highest BCUT2D eigenvalue weighted by atomic mass is 32.1. The summed E-state index contributed by atoms with van der Waals surface area (Å²) in [6, 6.07) is 1.61. The Morgan fingerprint density at radius 1 is 1.27 bits per heavy atom. The van der Waals surface area contributed by atoms with Gasteiger partial charge in [-0.3, -0.25) is 0 Å². The number of thiophene rings is 1. The van der Waals surface area contributed by atoms with Crippen molar-refractivity contribution in [2.75, 3.05) is 19.7 Å². The zero-order chi connectivity index (χ0) is 21.3. The van der Waals surface area contributed by atoms with Gasteiger partial charge in [-0.25, -0.2) is 13.9 Å². The quantitative estimate of drug-likeness (QED) is 0.633. The molecule has 0 bridgehead atoms. The molecule has 2 saturated heterocycles. The van der Waals surface area contributed by atoms with Crippen molar-refractivity contribution in [2.45, 2.75) is 70.6 Å². The van der Waals surface area contributed by atoms with Crippen LogP contribution in [0.1, 0.15) is 69.9 Å². The summed E-state index contributed by atoms with van der Waals surface area (Å²) in [4.78, 5) is 15.6. The molecule has 6 nitrogen and oxygen atoms in total. The van der Waals surface area contributed by atoms with Gasteiger partial charge in [0.15, 0.2) is 0 Å². The van der Waals surface area contributed by atoms with Crippen LogP contribution in [0.5, 0.6) is 0 Å². The van der Waals surface area contributed by atoms with Gasteiger partial charge in [-0.2, -0.15) is 5.10 Å². The molecule has 0 aliphatic carbocycles. The van der Waals surface area contributed by atoms with Crippen molar-refractivity contribution in [2.24, 2.45) is 0 Å². The Bertz CT molecular complexity index is 875. The number of amides is 1. The number of piperidine rings is 1. The number of carbonyl (C=O) groups is 1. The minimum Gasteiger partial charge on any atom is -0.444 e. The average molecular weight is 436 g/mol. The zero-order valence-electron chi connectivity index (χ0n) is 17.9. The van der Waals surface area contributed by atoms with Gasteiger partial charge in [0.05, 0.1) is 6.20 Å². The van der Waals surface area contributed by atoms with Gasteiger partial charge in [-0.05, 0) is 64.9 Å². The van der Waals surface area contributed by atoms with Crippen LogP contribution >= 0.6 is 11.3 Å². The SMILES string of the molecule is CC(C)(C)OC(=O)N1CCC(c2sc(-c3cnn(C4CCCCO4)c3)cc2F)CC1. The second-order valence-electron chi connectivity index (χ2n) is 9.09. The fraction of sp³-hybridized carbons (Fsp3) is 0.636. The number of carbonyl (C=O) groups excluding carboxylic acids is 1. The molecule has 2 aromatic rings. The summed E-state index contributed by atoms with van der Waals surface area (Å²) in [6.45, 7) is 7.53. The second kappa shape index (κ2) is 8.67. The van der Waals surface area contributed by atoms with Crippen LogP contribution in [-0.2, 0) is 9.47 Å². The number of likely N-dealkylation sites (tertiary alicyclic amines) is 1. The zero-order valence-corrected chi connectivity index (χ0v) is 18.7. The van der Waals surface area contributed by atoms with E-state index in [1.165, 1.54) is 11.3 Å². The molecule has 8 heteroatoms. The van der Waals surface area contributed by atoms with Crippen LogP contribution in [-0.4, -0.2) is 46.1 Å². The lowest BCUT2D eigenvalue weighted by Gasteiger charge is -2.33. The fourth-order valence-electron chi connectivity index (χ4n) is 4.01. The van der Waals surface area contributed by atoms with Crippen LogP contribution in [0.2, 0.25) is 0 Å². The third-order valence-corrected chi connectivity index (χ3v) is 6.89. The van der Waals surface area contributed by atoms with Gasteiger partial charge >= 0.3 is 6.09 Å². The number of nitrogens with zero attached hydrogens (tertiary/aromatic N) is 3. The van der Waals surface area contributed by atoms with Gasteiger partial charge in [0.25, 0.3) is 0 Å². The summed E-state index contributed by atoms with van der Waals surface area (Å²) in [5.41, 5.74) is 0.418. The molecule has 164 valence electrons. The van der Waals surface area contributed by atoms with E-state index in [9.17, 15) is 9.18 Å². The first-order valence-electron chi connectivity index (χ1n) is 10.7. The molecule has 2 aromatic heterocycles. The Hall–Kier alpha value is -1.93. The van der Waals surface area contributed by atoms with Gasteiger partial charge < -0.3 is 14.4 Å². The maximum Gasteiger partial charge on any atom is 0.410 e. The smallest absolute Gasteiger partial charge is 0.410 e. The molecule has 1 atom stereocenters. The number of hydrogen-bond acceptors (Lipinski definition) is 5. The lowest BCUT2D eigenvalue weighted by Crippen LogP contribution is -2.41. The Morgan fingerprint density at radius 3 is 2.70 bits per heavy atom. The van der Waals surface area contributed by atoms with Crippen LogP contribution in [0.3, 0.4) is 0 Å². The topological polar surface area (TPSA) is 56.6 Å². The number of rotatable bonds is 3. The van der Waals surface area contributed by atoms with E-state index in [2.05, 4.69) is 5.10 Å². The highest BCUT2D eigenvalue weighted by molar-refractivity contribution is 7.15. The molecule has 0 radical (unpaired) electrons. The molecule has 30 heavy (non-hydrogen) atoms. The molecule has 2 fully saturated rings. The first kappa shape index (κ1) is 21.3. The van der Waals surface area contributed by atoms with E-state index in [0.717, 1.165) is 54.0 Å². The van der Waals surface area contributed by atoms with E-state index in [1.807, 2.05) is 31.6 Å². The van der Waals surface area contributed by atoms with Crippen molar-refractivity contribution in [3.05, 3.63) is 29.2 Å². The van der Waals surface area contributed by atoms with Gasteiger partial charge in [0.1, 0.15) is 17.6 Å². The van der Waals surface area contributed by atoms with Crippen molar-refractivity contribution in [3.8, 4) is 10.4 Å². The second-order valence-corrected chi connectivity index (χ2v) is 10.2. The minimum absolute atomic E-state index is 0.0195. The van der Waals surface area contributed by atoms with Gasteiger partial charge in [-0.15, -0.1) is 11.3 Å². The summed E-state index contributed by atoms with van der Waals surface area (Å²) >= 11 is 1.49. The first-order chi connectivity index (χ1) is 14.3. The Kier molecular flexibility index (Phi) is 6.16. The van der Waals surface area contributed by atoms with E-state index in [0.29, 0.717) is 13.1 Å². The van der Waals surface area contributed by atoms with Crippen LogP contribution in [0.4, 0.5) is 9.18 Å². The average Bonchev–Trinajstić information content (AvgIpc) is 3.34. The van der Waals surface area contributed by atoms with E-state index >= 15 is 0 Å². The summed E-state index contributed by atoms with van der Waals surface area (Å²) in [5, 5.41) is 4.44. The lowest BCUT2D eigenvalue weighted by atomic mass is 9.95. The summed E-state index contributed by atoms with van der Waals surface area (Å²) < 4.78 is 27.9. The van der Waals surface area contributed by atoms with E-state index in [1.54, 1.807) is 17.2 Å². The monoisotopic (exact) mass is 435 g/mol. The predicted molar refractivity (Wildman–Crippen MR) is 114 cm³/mol. The molecule has 2 aliphatic rings. The standard InChI is InChI=1S/C22H30FN3O3S/c1-22(2,3)29-21(27)25-9-7-15(8-10-25)20-17(23)12-18(30-20)16-13-24-26(14-16)19-6-4-5-11-28-19/h12-15,19H,4-11H2,1-3H3. The summed E-state index contributed by atoms with van der Waals surface area (Å²) in [5.74, 6) is -0.0356. The summed E-state index contributed by atoms with van der Waals surface area (Å²) in [6.07, 6.45) is 8.11. The van der Waals surface area contributed by atoms with Crippen molar-refractivity contribution < 1.29 is 18.7 Å². The fourth-order valence-corrected chi connectivity index (χ4v) is 5.19. The highest BCUT2D eigenvalue weighted by Crippen LogP contribution is 2.39. The minimum atomic E-state index is -0.504. The number of ether oxygens (including phenoxy) is 2.